The molecule has 0 aromatic heterocycles. The molecule has 0 radical (unpaired) electrons. The number of nitrogens with one attached hydrogen (secondary N) is 1. The summed E-state index contributed by atoms with van der Waals surface area (Å²) in [5, 5.41) is 12.6. The van der Waals surface area contributed by atoms with Gasteiger partial charge in [0, 0.05) is 13.6 Å². The van der Waals surface area contributed by atoms with Gasteiger partial charge in [-0.1, -0.05) is 54.6 Å². The summed E-state index contributed by atoms with van der Waals surface area (Å²) in [6.45, 7) is 1.66. The van der Waals surface area contributed by atoms with E-state index >= 15 is 0 Å². The summed E-state index contributed by atoms with van der Waals surface area (Å²) in [4.78, 5) is 6.75. The van der Waals surface area contributed by atoms with Crippen LogP contribution in [-0.2, 0) is 13.2 Å². The Kier molecular flexibility index (Phi) is 6.41. The SMILES string of the molecule is CN(Cc1ccccc1)C1=NCC(c2ccc(CO)cc2)N1.I. The third-order valence-corrected chi connectivity index (χ3v) is 3.92. The van der Waals surface area contributed by atoms with Crippen LogP contribution in [0.25, 0.3) is 0 Å². The lowest BCUT2D eigenvalue weighted by atomic mass is 10.1. The highest BCUT2D eigenvalue weighted by molar-refractivity contribution is 14.0. The van der Waals surface area contributed by atoms with E-state index in [1.165, 1.54) is 11.1 Å². The minimum atomic E-state index is 0. The highest BCUT2D eigenvalue weighted by Gasteiger charge is 2.21. The van der Waals surface area contributed by atoms with Crippen LogP contribution in [0.4, 0.5) is 0 Å². The molecule has 2 N–H and O–H groups in total. The van der Waals surface area contributed by atoms with Gasteiger partial charge < -0.3 is 15.3 Å². The zero-order valence-electron chi connectivity index (χ0n) is 13.1. The molecule has 1 heterocycles. The number of aliphatic imine (C=N–C) groups is 1. The number of aliphatic hydroxyl groups excluding tert-OH is 1. The Hall–Kier alpha value is -1.60. The zero-order valence-corrected chi connectivity index (χ0v) is 15.5. The van der Waals surface area contributed by atoms with Crippen molar-refractivity contribution >= 4 is 29.9 Å². The minimum absolute atomic E-state index is 0. The molecule has 2 aromatic rings. The summed E-state index contributed by atoms with van der Waals surface area (Å²) < 4.78 is 0. The summed E-state index contributed by atoms with van der Waals surface area (Å²) in [6, 6.07) is 18.6. The molecule has 1 aliphatic heterocycles. The van der Waals surface area contributed by atoms with Crippen molar-refractivity contribution in [3.63, 3.8) is 0 Å². The number of rotatable bonds is 4. The van der Waals surface area contributed by atoms with E-state index in [9.17, 15) is 0 Å². The van der Waals surface area contributed by atoms with E-state index in [0.29, 0.717) is 0 Å². The number of guanidine groups is 1. The summed E-state index contributed by atoms with van der Waals surface area (Å²) in [7, 11) is 2.05. The Bertz CT molecular complexity index is 643. The first-order valence-corrected chi connectivity index (χ1v) is 7.52. The lowest BCUT2D eigenvalue weighted by Gasteiger charge is -2.21. The number of aliphatic hydroxyl groups is 1. The van der Waals surface area contributed by atoms with Crippen molar-refractivity contribution in [2.45, 2.75) is 19.2 Å². The van der Waals surface area contributed by atoms with Crippen LogP contribution in [0.15, 0.2) is 59.6 Å². The van der Waals surface area contributed by atoms with Crippen molar-refractivity contribution in [3.05, 3.63) is 71.3 Å². The third-order valence-electron chi connectivity index (χ3n) is 3.92. The van der Waals surface area contributed by atoms with E-state index in [0.717, 1.165) is 24.6 Å². The second-order valence-corrected chi connectivity index (χ2v) is 5.60. The number of halogens is 1. The Morgan fingerprint density at radius 3 is 2.43 bits per heavy atom. The normalized spacial score (nSPS) is 16.3. The molecular weight excluding hydrogens is 401 g/mol. The zero-order chi connectivity index (χ0) is 15.4. The molecule has 0 aliphatic carbocycles. The largest absolute Gasteiger partial charge is 0.392 e. The average molecular weight is 423 g/mol. The third kappa shape index (κ3) is 4.45. The first-order chi connectivity index (χ1) is 10.8. The van der Waals surface area contributed by atoms with Gasteiger partial charge >= 0.3 is 0 Å². The van der Waals surface area contributed by atoms with Gasteiger partial charge in [-0.2, -0.15) is 0 Å². The Morgan fingerprint density at radius 2 is 1.78 bits per heavy atom. The van der Waals surface area contributed by atoms with Crippen LogP contribution >= 0.6 is 24.0 Å². The predicted octanol–water partition coefficient (Wildman–Crippen LogP) is 2.93. The lowest BCUT2D eigenvalue weighted by molar-refractivity contribution is 0.282. The van der Waals surface area contributed by atoms with Gasteiger partial charge in [0.05, 0.1) is 19.2 Å². The van der Waals surface area contributed by atoms with Crippen LogP contribution in [0.5, 0.6) is 0 Å². The van der Waals surface area contributed by atoms with E-state index in [-0.39, 0.29) is 36.6 Å². The number of nitrogens with zero attached hydrogens (tertiary/aromatic N) is 2. The molecule has 0 fully saturated rings. The fourth-order valence-corrected chi connectivity index (χ4v) is 2.63. The van der Waals surface area contributed by atoms with Gasteiger partial charge in [-0.3, -0.25) is 4.99 Å². The maximum atomic E-state index is 9.10. The van der Waals surface area contributed by atoms with Crippen LogP contribution in [0.1, 0.15) is 22.7 Å². The maximum absolute atomic E-state index is 9.10. The van der Waals surface area contributed by atoms with Crippen molar-refractivity contribution in [1.29, 1.82) is 0 Å². The van der Waals surface area contributed by atoms with Gasteiger partial charge in [-0.15, -0.1) is 24.0 Å². The first-order valence-electron chi connectivity index (χ1n) is 7.52. The predicted molar refractivity (Wildman–Crippen MR) is 104 cm³/mol. The first kappa shape index (κ1) is 17.7. The standard InChI is InChI=1S/C18H21N3O.HI/c1-21(12-14-5-3-2-4-6-14)18-19-11-17(20-18)16-9-7-15(13-22)8-10-16;/h2-10,17,22H,11-13H2,1H3,(H,19,20);1H. The van der Waals surface area contributed by atoms with Crippen molar-refractivity contribution in [2.24, 2.45) is 4.99 Å². The van der Waals surface area contributed by atoms with E-state index < -0.39 is 0 Å². The molecule has 5 heteroatoms. The van der Waals surface area contributed by atoms with E-state index in [1.807, 2.05) is 18.2 Å². The topological polar surface area (TPSA) is 47.9 Å². The maximum Gasteiger partial charge on any atom is 0.194 e. The van der Waals surface area contributed by atoms with E-state index in [2.05, 4.69) is 58.7 Å². The van der Waals surface area contributed by atoms with Gasteiger partial charge in [-0.05, 0) is 16.7 Å². The van der Waals surface area contributed by atoms with Crippen molar-refractivity contribution in [3.8, 4) is 0 Å². The van der Waals surface area contributed by atoms with Crippen molar-refractivity contribution in [1.82, 2.24) is 10.2 Å². The fraction of sp³-hybridized carbons (Fsp3) is 0.278. The minimum Gasteiger partial charge on any atom is -0.392 e. The molecule has 3 rings (SSSR count). The molecule has 1 atom stereocenters. The van der Waals surface area contributed by atoms with Gasteiger partial charge in [-0.25, -0.2) is 0 Å². The molecule has 1 aliphatic rings. The van der Waals surface area contributed by atoms with Crippen LogP contribution in [-0.4, -0.2) is 29.6 Å². The molecule has 0 amide bonds. The average Bonchev–Trinajstić information content (AvgIpc) is 3.06. The molecule has 122 valence electrons. The molecule has 2 aromatic carbocycles. The van der Waals surface area contributed by atoms with Gasteiger partial charge in [0.25, 0.3) is 0 Å². The summed E-state index contributed by atoms with van der Waals surface area (Å²) in [5.41, 5.74) is 3.40. The second-order valence-electron chi connectivity index (χ2n) is 5.60. The van der Waals surface area contributed by atoms with Crippen molar-refractivity contribution < 1.29 is 5.11 Å². The summed E-state index contributed by atoms with van der Waals surface area (Å²) in [5.74, 6) is 0.931. The Morgan fingerprint density at radius 1 is 1.09 bits per heavy atom. The molecule has 0 saturated heterocycles. The molecule has 23 heavy (non-hydrogen) atoms. The van der Waals surface area contributed by atoms with Crippen LogP contribution in [0.2, 0.25) is 0 Å². The number of hydrogen-bond donors (Lipinski definition) is 2. The van der Waals surface area contributed by atoms with Gasteiger partial charge in [0.1, 0.15) is 0 Å². The van der Waals surface area contributed by atoms with Gasteiger partial charge in [0.15, 0.2) is 5.96 Å². The molecule has 0 saturated carbocycles. The van der Waals surface area contributed by atoms with E-state index in [4.69, 9.17) is 5.11 Å². The summed E-state index contributed by atoms with van der Waals surface area (Å²) >= 11 is 0. The second kappa shape index (κ2) is 8.31. The molecule has 0 spiro atoms. The lowest BCUT2D eigenvalue weighted by Crippen LogP contribution is -2.36. The fourth-order valence-electron chi connectivity index (χ4n) is 2.63. The Labute approximate surface area is 154 Å². The van der Waals surface area contributed by atoms with Crippen LogP contribution < -0.4 is 5.32 Å². The smallest absolute Gasteiger partial charge is 0.194 e. The van der Waals surface area contributed by atoms with Crippen LogP contribution in [0, 0.1) is 0 Å². The molecular formula is C18H22IN3O. The van der Waals surface area contributed by atoms with Crippen molar-refractivity contribution in [2.75, 3.05) is 13.6 Å². The highest BCUT2D eigenvalue weighted by atomic mass is 127. The van der Waals surface area contributed by atoms with Crippen LogP contribution in [0.3, 0.4) is 0 Å². The highest BCUT2D eigenvalue weighted by Crippen LogP contribution is 2.19. The van der Waals surface area contributed by atoms with E-state index in [1.54, 1.807) is 0 Å². The monoisotopic (exact) mass is 423 g/mol. The quantitative estimate of drug-likeness (QED) is 0.744. The molecule has 4 nitrogen and oxygen atoms in total. The molecule has 1 unspecified atom stereocenters. The molecule has 0 bridgehead atoms. The number of benzene rings is 2. The summed E-state index contributed by atoms with van der Waals surface area (Å²) in [6.07, 6.45) is 0. The Balaban J connectivity index is 0.00000192. The number of hydrogen-bond acceptors (Lipinski definition) is 4. The van der Waals surface area contributed by atoms with Gasteiger partial charge in [0.2, 0.25) is 0 Å².